The van der Waals surface area contributed by atoms with Crippen molar-refractivity contribution in [3.63, 3.8) is 0 Å². The van der Waals surface area contributed by atoms with Gasteiger partial charge in [0.2, 0.25) is 11.8 Å². The van der Waals surface area contributed by atoms with E-state index in [9.17, 15) is 9.59 Å². The second-order valence-corrected chi connectivity index (χ2v) is 6.99. The summed E-state index contributed by atoms with van der Waals surface area (Å²) in [7, 11) is 1.80. The Labute approximate surface area is 166 Å². The summed E-state index contributed by atoms with van der Waals surface area (Å²) >= 11 is 6.00. The number of hydrogen-bond donors (Lipinski definition) is 0. The van der Waals surface area contributed by atoms with Crippen LogP contribution in [0.25, 0.3) is 0 Å². The number of pyridine rings is 1. The first-order valence-corrected chi connectivity index (χ1v) is 9.46. The zero-order chi connectivity index (χ0) is 19.6. The first-order chi connectivity index (χ1) is 13.0. The molecule has 1 aromatic carbocycles. The van der Waals surface area contributed by atoms with Crippen molar-refractivity contribution in [2.45, 2.75) is 26.2 Å². The van der Waals surface area contributed by atoms with Gasteiger partial charge in [-0.25, -0.2) is 0 Å². The molecule has 0 bridgehead atoms. The third kappa shape index (κ3) is 7.39. The smallest absolute Gasteiger partial charge is 0.224 e. The van der Waals surface area contributed by atoms with E-state index in [0.717, 1.165) is 17.5 Å². The topological polar surface area (TPSA) is 53.5 Å². The summed E-state index contributed by atoms with van der Waals surface area (Å²) in [5, 5.41) is 0.688. The van der Waals surface area contributed by atoms with E-state index in [-0.39, 0.29) is 11.8 Å². The molecule has 5 nitrogen and oxygen atoms in total. The fourth-order valence-corrected chi connectivity index (χ4v) is 2.99. The minimum atomic E-state index is -0.0238. The van der Waals surface area contributed by atoms with Gasteiger partial charge in [0.1, 0.15) is 0 Å². The lowest BCUT2D eigenvalue weighted by Gasteiger charge is -2.23. The summed E-state index contributed by atoms with van der Waals surface area (Å²) in [6.07, 6.45) is 5.33. The third-order valence-electron chi connectivity index (χ3n) is 4.51. The number of nitrogens with zero attached hydrogens (tertiary/aromatic N) is 3. The molecular formula is C21H26ClN3O2. The Bertz CT molecular complexity index is 752. The second-order valence-electron chi connectivity index (χ2n) is 6.56. The average Bonchev–Trinajstić information content (AvgIpc) is 2.66. The fourth-order valence-electron chi connectivity index (χ4n) is 2.78. The van der Waals surface area contributed by atoms with Gasteiger partial charge < -0.3 is 9.80 Å². The number of hydrogen-bond acceptors (Lipinski definition) is 3. The Morgan fingerprint density at radius 3 is 2.37 bits per heavy atom. The van der Waals surface area contributed by atoms with Crippen molar-refractivity contribution in [1.29, 1.82) is 0 Å². The molecule has 0 saturated heterocycles. The lowest BCUT2D eigenvalue weighted by Crippen LogP contribution is -2.36. The first kappa shape index (κ1) is 20.9. The van der Waals surface area contributed by atoms with E-state index in [4.69, 9.17) is 11.6 Å². The van der Waals surface area contributed by atoms with Gasteiger partial charge >= 0.3 is 0 Å². The molecule has 0 saturated carbocycles. The number of rotatable bonds is 9. The predicted molar refractivity (Wildman–Crippen MR) is 108 cm³/mol. The fraction of sp³-hybridized carbons (Fsp3) is 0.381. The molecule has 27 heavy (non-hydrogen) atoms. The van der Waals surface area contributed by atoms with Crippen molar-refractivity contribution in [2.75, 3.05) is 26.7 Å². The van der Waals surface area contributed by atoms with E-state index in [0.29, 0.717) is 37.5 Å². The van der Waals surface area contributed by atoms with E-state index in [1.54, 1.807) is 29.2 Å². The molecule has 2 amide bonds. The van der Waals surface area contributed by atoms with E-state index in [1.165, 1.54) is 6.92 Å². The van der Waals surface area contributed by atoms with Crippen LogP contribution in [0.15, 0.2) is 48.8 Å². The molecule has 0 fully saturated rings. The Kier molecular flexibility index (Phi) is 8.27. The number of benzene rings is 1. The minimum absolute atomic E-state index is 0.0238. The van der Waals surface area contributed by atoms with Gasteiger partial charge in [-0.2, -0.15) is 0 Å². The summed E-state index contributed by atoms with van der Waals surface area (Å²) < 4.78 is 0. The van der Waals surface area contributed by atoms with Crippen LogP contribution in [0.5, 0.6) is 0 Å². The lowest BCUT2D eigenvalue weighted by atomic mass is 10.1. The van der Waals surface area contributed by atoms with Gasteiger partial charge in [0.25, 0.3) is 0 Å². The number of carbonyl (C=O) groups is 2. The molecule has 1 aromatic heterocycles. The molecule has 1 heterocycles. The van der Waals surface area contributed by atoms with Crippen LogP contribution >= 0.6 is 11.6 Å². The molecule has 0 unspecified atom stereocenters. The van der Waals surface area contributed by atoms with E-state index < -0.39 is 0 Å². The van der Waals surface area contributed by atoms with Crippen molar-refractivity contribution >= 4 is 23.4 Å². The highest BCUT2D eigenvalue weighted by Gasteiger charge is 2.14. The van der Waals surface area contributed by atoms with Crippen LogP contribution in [-0.2, 0) is 22.4 Å². The van der Waals surface area contributed by atoms with Gasteiger partial charge in [0.05, 0.1) is 0 Å². The van der Waals surface area contributed by atoms with E-state index >= 15 is 0 Å². The van der Waals surface area contributed by atoms with Crippen molar-refractivity contribution in [3.8, 4) is 0 Å². The molecule has 0 aliphatic heterocycles. The van der Waals surface area contributed by atoms with Crippen molar-refractivity contribution in [1.82, 2.24) is 14.8 Å². The molecule has 0 N–H and O–H groups in total. The number of halogens is 1. The Hall–Kier alpha value is -2.40. The Balaban J connectivity index is 1.78. The highest BCUT2D eigenvalue weighted by Crippen LogP contribution is 2.12. The van der Waals surface area contributed by atoms with Gasteiger partial charge in [0.15, 0.2) is 0 Å². The lowest BCUT2D eigenvalue weighted by molar-refractivity contribution is -0.132. The zero-order valence-corrected chi connectivity index (χ0v) is 16.7. The summed E-state index contributed by atoms with van der Waals surface area (Å²) in [6, 6.07) is 11.5. The summed E-state index contributed by atoms with van der Waals surface area (Å²) in [5.41, 5.74) is 2.23. The average molecular weight is 388 g/mol. The summed E-state index contributed by atoms with van der Waals surface area (Å²) in [4.78, 5) is 31.7. The predicted octanol–water partition coefficient (Wildman–Crippen LogP) is 3.22. The molecule has 0 spiro atoms. The first-order valence-electron chi connectivity index (χ1n) is 9.08. The number of amides is 2. The summed E-state index contributed by atoms with van der Waals surface area (Å²) in [5.74, 6) is 0.0160. The Morgan fingerprint density at radius 1 is 1.00 bits per heavy atom. The highest BCUT2D eigenvalue weighted by molar-refractivity contribution is 6.30. The van der Waals surface area contributed by atoms with Crippen LogP contribution in [0.3, 0.4) is 0 Å². The molecule has 0 atom stereocenters. The van der Waals surface area contributed by atoms with Crippen LogP contribution in [0.4, 0.5) is 0 Å². The molecular weight excluding hydrogens is 362 g/mol. The molecule has 6 heteroatoms. The second kappa shape index (κ2) is 10.7. The minimum Gasteiger partial charge on any atom is -0.345 e. The van der Waals surface area contributed by atoms with Crippen molar-refractivity contribution in [3.05, 3.63) is 64.9 Å². The van der Waals surface area contributed by atoms with Gasteiger partial charge in [-0.3, -0.25) is 14.6 Å². The number of likely N-dealkylation sites (N-methyl/N-ethyl adjacent to an activating group) is 1. The van der Waals surface area contributed by atoms with Gasteiger partial charge in [-0.05, 0) is 48.2 Å². The quantitative estimate of drug-likeness (QED) is 0.663. The molecule has 2 rings (SSSR count). The molecule has 0 aliphatic rings. The van der Waals surface area contributed by atoms with Crippen LogP contribution in [-0.4, -0.2) is 53.3 Å². The van der Waals surface area contributed by atoms with E-state index in [2.05, 4.69) is 4.98 Å². The standard InChI is InChI=1S/C21H26ClN3O2/c1-17(26)25(14-9-19-4-3-5-20(22)16-19)15-10-21(27)24(2)13-8-18-6-11-23-12-7-18/h3-7,11-12,16H,8-10,13-15H2,1-2H3. The maximum Gasteiger partial charge on any atom is 0.224 e. The Morgan fingerprint density at radius 2 is 1.70 bits per heavy atom. The molecule has 144 valence electrons. The normalized spacial score (nSPS) is 10.5. The van der Waals surface area contributed by atoms with Gasteiger partial charge in [-0.15, -0.1) is 0 Å². The maximum atomic E-state index is 12.4. The van der Waals surface area contributed by atoms with Crippen LogP contribution in [0.2, 0.25) is 5.02 Å². The largest absolute Gasteiger partial charge is 0.345 e. The number of aromatic nitrogens is 1. The van der Waals surface area contributed by atoms with Crippen LogP contribution < -0.4 is 0 Å². The van der Waals surface area contributed by atoms with E-state index in [1.807, 2.05) is 36.4 Å². The molecule has 2 aromatic rings. The zero-order valence-electron chi connectivity index (χ0n) is 15.9. The third-order valence-corrected chi connectivity index (χ3v) is 4.75. The van der Waals surface area contributed by atoms with Crippen LogP contribution in [0, 0.1) is 0 Å². The van der Waals surface area contributed by atoms with Crippen molar-refractivity contribution in [2.24, 2.45) is 0 Å². The van der Waals surface area contributed by atoms with Crippen LogP contribution in [0.1, 0.15) is 24.5 Å². The molecule has 0 aliphatic carbocycles. The molecule has 0 radical (unpaired) electrons. The summed E-state index contributed by atoms with van der Waals surface area (Å²) in [6.45, 7) is 3.18. The SMILES string of the molecule is CC(=O)N(CCC(=O)N(C)CCc1ccncc1)CCc1cccc(Cl)c1. The monoisotopic (exact) mass is 387 g/mol. The number of carbonyl (C=O) groups excluding carboxylic acids is 2. The highest BCUT2D eigenvalue weighted by atomic mass is 35.5. The van der Waals surface area contributed by atoms with Crippen molar-refractivity contribution < 1.29 is 9.59 Å². The van der Waals surface area contributed by atoms with Gasteiger partial charge in [-0.1, -0.05) is 23.7 Å². The maximum absolute atomic E-state index is 12.4. The van der Waals surface area contributed by atoms with Gasteiger partial charge in [0, 0.05) is 57.4 Å².